The van der Waals surface area contributed by atoms with Crippen LogP contribution in [-0.2, 0) is 22.6 Å². The van der Waals surface area contributed by atoms with Crippen molar-refractivity contribution in [2.24, 2.45) is 0 Å². The first-order chi connectivity index (χ1) is 16.9. The summed E-state index contributed by atoms with van der Waals surface area (Å²) in [7, 11) is 0. The maximum atomic E-state index is 13.6. The van der Waals surface area contributed by atoms with Gasteiger partial charge in [0.1, 0.15) is 6.04 Å². The van der Waals surface area contributed by atoms with Crippen molar-refractivity contribution in [3.63, 3.8) is 0 Å². The fraction of sp³-hybridized carbons (Fsp3) is 0.286. The molecule has 184 valence electrons. The van der Waals surface area contributed by atoms with E-state index in [1.807, 2.05) is 74.5 Å². The van der Waals surface area contributed by atoms with E-state index in [4.69, 9.17) is 23.2 Å². The summed E-state index contributed by atoms with van der Waals surface area (Å²) in [6, 6.07) is 23.9. The quantitative estimate of drug-likeness (QED) is 0.283. The van der Waals surface area contributed by atoms with E-state index in [9.17, 15) is 9.59 Å². The summed E-state index contributed by atoms with van der Waals surface area (Å²) in [6.45, 7) is 4.23. The highest BCUT2D eigenvalue weighted by Gasteiger charge is 2.31. The van der Waals surface area contributed by atoms with Crippen molar-refractivity contribution in [2.75, 3.05) is 5.75 Å². The zero-order valence-electron chi connectivity index (χ0n) is 19.9. The Kier molecular flexibility index (Phi) is 10.5. The number of rotatable bonds is 11. The summed E-state index contributed by atoms with van der Waals surface area (Å²) in [5.74, 6) is -0.112. The first-order valence-corrected chi connectivity index (χ1v) is 13.4. The van der Waals surface area contributed by atoms with Gasteiger partial charge in [-0.05, 0) is 54.8 Å². The van der Waals surface area contributed by atoms with E-state index in [2.05, 4.69) is 5.32 Å². The Morgan fingerprint density at radius 3 is 2.26 bits per heavy atom. The van der Waals surface area contributed by atoms with E-state index < -0.39 is 6.04 Å². The predicted molar refractivity (Wildman–Crippen MR) is 146 cm³/mol. The summed E-state index contributed by atoms with van der Waals surface area (Å²) in [5, 5.41) is 4.29. The van der Waals surface area contributed by atoms with Gasteiger partial charge in [0.25, 0.3) is 0 Å². The van der Waals surface area contributed by atoms with Crippen LogP contribution in [0.25, 0.3) is 0 Å². The lowest BCUT2D eigenvalue weighted by molar-refractivity contribution is -0.139. The number of halogens is 2. The van der Waals surface area contributed by atoms with Gasteiger partial charge in [-0.25, -0.2) is 0 Å². The molecule has 3 rings (SSSR count). The lowest BCUT2D eigenvalue weighted by Crippen LogP contribution is -2.52. The summed E-state index contributed by atoms with van der Waals surface area (Å²) >= 11 is 13.9. The molecule has 0 radical (unpaired) electrons. The SMILES string of the molecule is CC[C@@H](C)NC(=O)[C@H](Cc1ccccc1)N(Cc1ccccc1Cl)C(=O)CSc1ccc(Cl)cc1. The highest BCUT2D eigenvalue weighted by molar-refractivity contribution is 8.00. The number of nitrogens with one attached hydrogen (secondary N) is 1. The molecule has 3 aromatic rings. The molecule has 0 heterocycles. The third-order valence-electron chi connectivity index (χ3n) is 5.75. The molecule has 0 unspecified atom stereocenters. The van der Waals surface area contributed by atoms with Crippen LogP contribution in [0.5, 0.6) is 0 Å². The first kappa shape index (κ1) is 27.1. The van der Waals surface area contributed by atoms with Crippen molar-refractivity contribution in [3.8, 4) is 0 Å². The van der Waals surface area contributed by atoms with E-state index >= 15 is 0 Å². The molecule has 0 fully saturated rings. The fourth-order valence-electron chi connectivity index (χ4n) is 3.56. The van der Waals surface area contributed by atoms with Crippen molar-refractivity contribution >= 4 is 46.8 Å². The minimum absolute atomic E-state index is 0.00137. The molecule has 0 bridgehead atoms. The number of hydrogen-bond donors (Lipinski definition) is 1. The topological polar surface area (TPSA) is 49.4 Å². The predicted octanol–water partition coefficient (Wildman–Crippen LogP) is 6.64. The fourth-order valence-corrected chi connectivity index (χ4v) is 4.67. The molecule has 2 amide bonds. The van der Waals surface area contributed by atoms with Gasteiger partial charge in [0.05, 0.1) is 5.75 Å². The maximum Gasteiger partial charge on any atom is 0.243 e. The van der Waals surface area contributed by atoms with E-state index in [1.54, 1.807) is 23.1 Å². The normalized spacial score (nSPS) is 12.6. The minimum atomic E-state index is -0.680. The molecule has 0 aromatic heterocycles. The minimum Gasteiger partial charge on any atom is -0.352 e. The Labute approximate surface area is 222 Å². The number of amides is 2. The van der Waals surface area contributed by atoms with Crippen LogP contribution in [0.2, 0.25) is 10.0 Å². The number of benzene rings is 3. The van der Waals surface area contributed by atoms with Gasteiger partial charge in [-0.2, -0.15) is 0 Å². The van der Waals surface area contributed by atoms with Gasteiger partial charge in [0.2, 0.25) is 11.8 Å². The molecule has 2 atom stereocenters. The molecular formula is C28H30Cl2N2O2S. The van der Waals surface area contributed by atoms with Gasteiger partial charge in [-0.3, -0.25) is 9.59 Å². The van der Waals surface area contributed by atoms with Crippen molar-refractivity contribution < 1.29 is 9.59 Å². The average Bonchev–Trinajstić information content (AvgIpc) is 2.87. The lowest BCUT2D eigenvalue weighted by Gasteiger charge is -2.32. The number of nitrogens with zero attached hydrogens (tertiary/aromatic N) is 1. The summed E-state index contributed by atoms with van der Waals surface area (Å²) < 4.78 is 0. The molecule has 35 heavy (non-hydrogen) atoms. The Hall–Kier alpha value is -2.47. The molecular weight excluding hydrogens is 499 g/mol. The third kappa shape index (κ3) is 8.31. The summed E-state index contributed by atoms with van der Waals surface area (Å²) in [4.78, 5) is 29.7. The standard InChI is InChI=1S/C28H30Cl2N2O2S/c1-3-20(2)31-28(34)26(17-21-9-5-4-6-10-21)32(18-22-11-7-8-12-25(22)30)27(33)19-35-24-15-13-23(29)14-16-24/h4-16,20,26H,3,17-19H2,1-2H3,(H,31,34)/t20-,26+/m1/s1. The number of carbonyl (C=O) groups excluding carboxylic acids is 2. The van der Waals surface area contributed by atoms with Crippen LogP contribution < -0.4 is 5.32 Å². The Bertz CT molecular complexity index is 1110. The largest absolute Gasteiger partial charge is 0.352 e. The van der Waals surface area contributed by atoms with Crippen LogP contribution in [-0.4, -0.2) is 34.6 Å². The second kappa shape index (κ2) is 13.6. The number of hydrogen-bond acceptors (Lipinski definition) is 3. The molecule has 0 aliphatic carbocycles. The zero-order valence-corrected chi connectivity index (χ0v) is 22.2. The number of carbonyl (C=O) groups is 2. The smallest absolute Gasteiger partial charge is 0.243 e. The molecule has 7 heteroatoms. The van der Waals surface area contributed by atoms with Gasteiger partial charge >= 0.3 is 0 Å². The van der Waals surface area contributed by atoms with Crippen LogP contribution in [0, 0.1) is 0 Å². The third-order valence-corrected chi connectivity index (χ3v) is 7.36. The molecule has 1 N–H and O–H groups in total. The average molecular weight is 530 g/mol. The van der Waals surface area contributed by atoms with Crippen LogP contribution >= 0.6 is 35.0 Å². The van der Waals surface area contributed by atoms with E-state index in [0.29, 0.717) is 16.5 Å². The van der Waals surface area contributed by atoms with Crippen LogP contribution in [0.15, 0.2) is 83.8 Å². The van der Waals surface area contributed by atoms with Crippen molar-refractivity contribution in [3.05, 3.63) is 100 Å². The Morgan fingerprint density at radius 2 is 1.60 bits per heavy atom. The van der Waals surface area contributed by atoms with Gasteiger partial charge in [-0.1, -0.05) is 78.7 Å². The van der Waals surface area contributed by atoms with E-state index in [1.165, 1.54) is 11.8 Å². The second-order valence-electron chi connectivity index (χ2n) is 8.38. The van der Waals surface area contributed by atoms with E-state index in [0.717, 1.165) is 22.4 Å². The molecule has 0 aliphatic rings. The van der Waals surface area contributed by atoms with Crippen LogP contribution in [0.1, 0.15) is 31.4 Å². The van der Waals surface area contributed by atoms with Crippen molar-refractivity contribution in [1.29, 1.82) is 0 Å². The van der Waals surface area contributed by atoms with E-state index in [-0.39, 0.29) is 30.2 Å². The highest BCUT2D eigenvalue weighted by Crippen LogP contribution is 2.24. The summed E-state index contributed by atoms with van der Waals surface area (Å²) in [6.07, 6.45) is 1.21. The molecule has 4 nitrogen and oxygen atoms in total. The van der Waals surface area contributed by atoms with Crippen molar-refractivity contribution in [2.45, 2.75) is 50.2 Å². The van der Waals surface area contributed by atoms with Crippen LogP contribution in [0.4, 0.5) is 0 Å². The highest BCUT2D eigenvalue weighted by atomic mass is 35.5. The van der Waals surface area contributed by atoms with Gasteiger partial charge < -0.3 is 10.2 Å². The van der Waals surface area contributed by atoms with Crippen molar-refractivity contribution in [1.82, 2.24) is 10.2 Å². The van der Waals surface area contributed by atoms with Crippen LogP contribution in [0.3, 0.4) is 0 Å². The summed E-state index contributed by atoms with van der Waals surface area (Å²) in [5.41, 5.74) is 1.78. The van der Waals surface area contributed by atoms with Gasteiger partial charge in [0, 0.05) is 33.9 Å². The molecule has 0 spiro atoms. The number of thioether (sulfide) groups is 1. The molecule has 0 saturated carbocycles. The molecule has 0 aliphatic heterocycles. The van der Waals surface area contributed by atoms with Gasteiger partial charge in [0.15, 0.2) is 0 Å². The monoisotopic (exact) mass is 528 g/mol. The molecule has 3 aromatic carbocycles. The Balaban J connectivity index is 1.91. The Morgan fingerprint density at radius 1 is 0.943 bits per heavy atom. The second-order valence-corrected chi connectivity index (χ2v) is 10.3. The maximum absolute atomic E-state index is 13.6. The lowest BCUT2D eigenvalue weighted by atomic mass is 10.0. The zero-order chi connectivity index (χ0) is 25.2. The first-order valence-electron chi connectivity index (χ1n) is 11.6. The molecule has 0 saturated heterocycles. The van der Waals surface area contributed by atoms with Gasteiger partial charge in [-0.15, -0.1) is 11.8 Å².